The quantitative estimate of drug-likeness (QED) is 0.541. The number of carbonyl (C=O) groups is 1. The van der Waals surface area contributed by atoms with E-state index in [-0.39, 0.29) is 41.7 Å². The molecule has 6 nitrogen and oxygen atoms in total. The highest BCUT2D eigenvalue weighted by molar-refractivity contribution is 6.32. The van der Waals surface area contributed by atoms with Crippen molar-refractivity contribution in [2.24, 2.45) is 5.73 Å². The minimum atomic E-state index is -0.722. The number of rotatable bonds is 6. The maximum atomic E-state index is 11.9. The highest BCUT2D eigenvalue weighted by Gasteiger charge is 2.15. The SMILES string of the molecule is Cl.Cl.Nc1ccc(CC[C@H](N)C(=O)OCc2cc(Cl)nc(Cl)c2)cn1. The number of aryl methyl sites for hydroxylation is 1. The van der Waals surface area contributed by atoms with Crippen LogP contribution in [-0.4, -0.2) is 22.0 Å². The molecule has 1 atom stereocenters. The van der Waals surface area contributed by atoms with E-state index in [0.717, 1.165) is 5.56 Å². The number of aromatic nitrogens is 2. The average molecular weight is 428 g/mol. The van der Waals surface area contributed by atoms with Crippen molar-refractivity contribution in [3.05, 3.63) is 51.9 Å². The Bertz CT molecular complexity index is 665. The topological polar surface area (TPSA) is 104 Å². The summed E-state index contributed by atoms with van der Waals surface area (Å²) in [5, 5.41) is 0.479. The van der Waals surface area contributed by atoms with Gasteiger partial charge in [-0.2, -0.15) is 0 Å². The highest BCUT2D eigenvalue weighted by atomic mass is 35.5. The Kier molecular flexibility index (Phi) is 10.7. The van der Waals surface area contributed by atoms with Crippen LogP contribution in [0.25, 0.3) is 0 Å². The van der Waals surface area contributed by atoms with Crippen LogP contribution in [0.3, 0.4) is 0 Å². The van der Waals surface area contributed by atoms with Gasteiger partial charge in [0, 0.05) is 6.20 Å². The third-order valence-electron chi connectivity index (χ3n) is 3.10. The van der Waals surface area contributed by atoms with Gasteiger partial charge < -0.3 is 16.2 Å². The molecule has 0 aliphatic carbocycles. The van der Waals surface area contributed by atoms with Crippen LogP contribution >= 0.6 is 48.0 Å². The predicted molar refractivity (Wildman–Crippen MR) is 103 cm³/mol. The second kappa shape index (κ2) is 11.3. The van der Waals surface area contributed by atoms with E-state index in [9.17, 15) is 4.79 Å². The van der Waals surface area contributed by atoms with Crippen LogP contribution in [0.4, 0.5) is 5.82 Å². The summed E-state index contributed by atoms with van der Waals surface area (Å²) in [6.45, 7) is 0.0396. The van der Waals surface area contributed by atoms with Gasteiger partial charge in [0.25, 0.3) is 0 Å². The summed E-state index contributed by atoms with van der Waals surface area (Å²) in [6, 6.07) is 5.98. The van der Waals surface area contributed by atoms with E-state index in [4.69, 9.17) is 39.4 Å². The Labute approximate surface area is 168 Å². The van der Waals surface area contributed by atoms with Crippen LogP contribution in [0.15, 0.2) is 30.5 Å². The monoisotopic (exact) mass is 426 g/mol. The number of hydrogen-bond acceptors (Lipinski definition) is 6. The molecule has 0 saturated carbocycles. The summed E-state index contributed by atoms with van der Waals surface area (Å²) in [5.41, 5.74) is 13.0. The van der Waals surface area contributed by atoms with E-state index in [1.165, 1.54) is 0 Å². The summed E-state index contributed by atoms with van der Waals surface area (Å²) in [6.07, 6.45) is 2.72. The Balaban J connectivity index is 0.00000288. The molecule has 0 bridgehead atoms. The molecule has 138 valence electrons. The van der Waals surface area contributed by atoms with Gasteiger partial charge in [-0.1, -0.05) is 29.3 Å². The Morgan fingerprint density at radius 2 is 1.80 bits per heavy atom. The number of nitrogens with zero attached hydrogens (tertiary/aromatic N) is 2. The maximum Gasteiger partial charge on any atom is 0.323 e. The molecule has 0 saturated heterocycles. The Hall–Kier alpha value is -1.31. The minimum absolute atomic E-state index is 0. The van der Waals surface area contributed by atoms with Crippen molar-refractivity contribution in [1.82, 2.24) is 9.97 Å². The molecule has 0 radical (unpaired) electrons. The number of nitrogens with two attached hydrogens (primary N) is 2. The first-order chi connectivity index (χ1) is 10.9. The van der Waals surface area contributed by atoms with Gasteiger partial charge in [0.1, 0.15) is 28.8 Å². The van der Waals surface area contributed by atoms with E-state index in [1.807, 2.05) is 6.07 Å². The Morgan fingerprint density at radius 3 is 2.36 bits per heavy atom. The molecular weight excluding hydrogens is 410 g/mol. The Morgan fingerprint density at radius 1 is 1.16 bits per heavy atom. The predicted octanol–water partition coefficient (Wildman–Crippen LogP) is 3.21. The van der Waals surface area contributed by atoms with Gasteiger partial charge in [-0.25, -0.2) is 9.97 Å². The van der Waals surface area contributed by atoms with Crippen LogP contribution in [0, 0.1) is 0 Å². The molecule has 0 amide bonds. The van der Waals surface area contributed by atoms with E-state index >= 15 is 0 Å². The fraction of sp³-hybridized carbons (Fsp3) is 0.267. The van der Waals surface area contributed by atoms with Crippen molar-refractivity contribution in [2.75, 3.05) is 5.73 Å². The number of ether oxygens (including phenoxy) is 1. The van der Waals surface area contributed by atoms with Crippen molar-refractivity contribution in [2.45, 2.75) is 25.5 Å². The highest BCUT2D eigenvalue weighted by Crippen LogP contribution is 2.15. The number of carbonyl (C=O) groups excluding carboxylic acids is 1. The fourth-order valence-corrected chi connectivity index (χ4v) is 2.39. The molecule has 0 aliphatic heterocycles. The molecule has 0 aromatic carbocycles. The van der Waals surface area contributed by atoms with Crippen LogP contribution < -0.4 is 11.5 Å². The summed E-state index contributed by atoms with van der Waals surface area (Å²) >= 11 is 11.6. The first kappa shape index (κ1) is 23.7. The largest absolute Gasteiger partial charge is 0.460 e. The van der Waals surface area contributed by atoms with Gasteiger partial charge in [0.2, 0.25) is 0 Å². The lowest BCUT2D eigenvalue weighted by Gasteiger charge is -2.12. The number of nitrogen functional groups attached to an aromatic ring is 1. The van der Waals surface area contributed by atoms with E-state index in [0.29, 0.717) is 24.2 Å². The van der Waals surface area contributed by atoms with Gasteiger partial charge in [-0.15, -0.1) is 24.8 Å². The zero-order valence-corrected chi connectivity index (χ0v) is 16.2. The zero-order valence-electron chi connectivity index (χ0n) is 13.0. The normalized spacial score (nSPS) is 11.0. The fourth-order valence-electron chi connectivity index (χ4n) is 1.88. The summed E-state index contributed by atoms with van der Waals surface area (Å²) in [4.78, 5) is 19.7. The molecule has 2 heterocycles. The molecule has 0 aliphatic rings. The standard InChI is InChI=1S/C15H16Cl2N4O2.2ClH/c16-12-5-10(6-13(17)21-12)8-23-15(22)11(18)3-1-9-2-4-14(19)20-7-9;;/h2,4-7,11H,1,3,8,18H2,(H2,19,20);2*1H/t11-;;/m0../s1. The van der Waals surface area contributed by atoms with Crippen molar-refractivity contribution in [3.63, 3.8) is 0 Å². The third kappa shape index (κ3) is 8.07. The second-order valence-corrected chi connectivity index (χ2v) is 5.74. The van der Waals surface area contributed by atoms with Crippen LogP contribution in [0.5, 0.6) is 0 Å². The number of anilines is 1. The lowest BCUT2D eigenvalue weighted by atomic mass is 10.1. The minimum Gasteiger partial charge on any atom is -0.460 e. The number of esters is 1. The number of hydrogen-bond donors (Lipinski definition) is 2. The lowest BCUT2D eigenvalue weighted by Crippen LogP contribution is -2.32. The van der Waals surface area contributed by atoms with Crippen molar-refractivity contribution < 1.29 is 9.53 Å². The summed E-state index contributed by atoms with van der Waals surface area (Å²) in [7, 11) is 0. The van der Waals surface area contributed by atoms with Crippen molar-refractivity contribution in [1.29, 1.82) is 0 Å². The average Bonchev–Trinajstić information content (AvgIpc) is 2.51. The molecule has 0 spiro atoms. The molecule has 2 aromatic rings. The third-order valence-corrected chi connectivity index (χ3v) is 3.49. The summed E-state index contributed by atoms with van der Waals surface area (Å²) in [5.74, 6) is -0.0374. The maximum absolute atomic E-state index is 11.9. The lowest BCUT2D eigenvalue weighted by molar-refractivity contribution is -0.146. The smallest absolute Gasteiger partial charge is 0.323 e. The molecular formula is C15H18Cl4N4O2. The molecule has 25 heavy (non-hydrogen) atoms. The van der Waals surface area contributed by atoms with Crippen molar-refractivity contribution in [3.8, 4) is 0 Å². The van der Waals surface area contributed by atoms with E-state index in [2.05, 4.69) is 9.97 Å². The second-order valence-electron chi connectivity index (χ2n) is 4.97. The molecule has 0 unspecified atom stereocenters. The van der Waals surface area contributed by atoms with Gasteiger partial charge in [-0.05, 0) is 42.2 Å². The van der Waals surface area contributed by atoms with Crippen LogP contribution in [0.1, 0.15) is 17.5 Å². The van der Waals surface area contributed by atoms with Gasteiger partial charge in [-0.3, -0.25) is 4.79 Å². The molecule has 0 fully saturated rings. The van der Waals surface area contributed by atoms with E-state index in [1.54, 1.807) is 24.4 Å². The molecule has 10 heteroatoms. The number of pyridine rings is 2. The molecule has 2 aromatic heterocycles. The van der Waals surface area contributed by atoms with Crippen LogP contribution in [0.2, 0.25) is 10.3 Å². The molecule has 4 N–H and O–H groups in total. The van der Waals surface area contributed by atoms with Gasteiger partial charge in [0.15, 0.2) is 0 Å². The zero-order chi connectivity index (χ0) is 16.8. The van der Waals surface area contributed by atoms with E-state index < -0.39 is 12.0 Å². The summed E-state index contributed by atoms with van der Waals surface area (Å²) < 4.78 is 5.16. The molecule has 2 rings (SSSR count). The first-order valence-corrected chi connectivity index (χ1v) is 7.64. The van der Waals surface area contributed by atoms with Gasteiger partial charge in [0.05, 0.1) is 0 Å². The van der Waals surface area contributed by atoms with Crippen LogP contribution in [-0.2, 0) is 22.6 Å². The van der Waals surface area contributed by atoms with Crippen molar-refractivity contribution >= 4 is 59.8 Å². The first-order valence-electron chi connectivity index (χ1n) is 6.88. The van der Waals surface area contributed by atoms with Gasteiger partial charge >= 0.3 is 5.97 Å². The number of halogens is 4.